The number of benzene rings is 2. The van der Waals surface area contributed by atoms with E-state index in [2.05, 4.69) is 5.32 Å². The zero-order chi connectivity index (χ0) is 20.3. The largest absolute Gasteiger partial charge is 0.484 e. The molecular weight excluding hydrogens is 378 g/mol. The lowest BCUT2D eigenvalue weighted by atomic mass is 10.2. The van der Waals surface area contributed by atoms with Gasteiger partial charge < -0.3 is 20.4 Å². The Hall–Kier alpha value is -3.25. The van der Waals surface area contributed by atoms with Crippen molar-refractivity contribution in [1.29, 1.82) is 0 Å². The van der Waals surface area contributed by atoms with E-state index in [1.165, 1.54) is 0 Å². The van der Waals surface area contributed by atoms with Crippen LogP contribution in [0.4, 0.5) is 5.69 Å². The van der Waals surface area contributed by atoms with Gasteiger partial charge in [0.1, 0.15) is 5.75 Å². The fourth-order valence-corrected chi connectivity index (χ4v) is 3.18. The first-order valence-electron chi connectivity index (χ1n) is 8.62. The van der Waals surface area contributed by atoms with Crippen molar-refractivity contribution in [2.75, 3.05) is 11.9 Å². The summed E-state index contributed by atoms with van der Waals surface area (Å²) in [4.78, 5) is 23.5. The quantitative estimate of drug-likeness (QED) is 0.662. The highest BCUT2D eigenvalue weighted by molar-refractivity contribution is 6.30. The number of ether oxygens (including phenoxy) is 1. The summed E-state index contributed by atoms with van der Waals surface area (Å²) in [6.07, 6.45) is 0. The molecule has 0 radical (unpaired) electrons. The molecule has 0 fully saturated rings. The summed E-state index contributed by atoms with van der Waals surface area (Å²) in [5, 5.41) is 3.50. The number of primary amides is 1. The molecular formula is C21H20ClN3O3. The van der Waals surface area contributed by atoms with E-state index in [9.17, 15) is 9.59 Å². The second-order valence-electron chi connectivity index (χ2n) is 6.33. The molecule has 7 heteroatoms. The number of anilines is 1. The Kier molecular flexibility index (Phi) is 5.70. The molecule has 3 N–H and O–H groups in total. The smallest absolute Gasteiger partial charge is 0.257 e. The molecule has 0 spiro atoms. The summed E-state index contributed by atoms with van der Waals surface area (Å²) in [6, 6.07) is 16.0. The number of amides is 2. The highest BCUT2D eigenvalue weighted by atomic mass is 35.5. The van der Waals surface area contributed by atoms with Crippen LogP contribution in [0.3, 0.4) is 0 Å². The van der Waals surface area contributed by atoms with Gasteiger partial charge in [-0.25, -0.2) is 0 Å². The van der Waals surface area contributed by atoms with Crippen LogP contribution in [0, 0.1) is 13.8 Å². The predicted octanol–water partition coefficient (Wildman–Crippen LogP) is 3.86. The van der Waals surface area contributed by atoms with Crippen molar-refractivity contribution in [3.63, 3.8) is 0 Å². The van der Waals surface area contributed by atoms with Crippen LogP contribution in [0.15, 0.2) is 54.6 Å². The number of aromatic nitrogens is 1. The molecule has 2 amide bonds. The molecule has 0 aliphatic heterocycles. The Balaban J connectivity index is 1.78. The highest BCUT2D eigenvalue weighted by Gasteiger charge is 2.17. The van der Waals surface area contributed by atoms with Crippen molar-refractivity contribution in [3.05, 3.63) is 76.6 Å². The Morgan fingerprint density at radius 3 is 2.46 bits per heavy atom. The normalized spacial score (nSPS) is 10.5. The van der Waals surface area contributed by atoms with Gasteiger partial charge in [0.15, 0.2) is 6.61 Å². The van der Waals surface area contributed by atoms with E-state index in [0.29, 0.717) is 22.0 Å². The van der Waals surface area contributed by atoms with E-state index in [-0.39, 0.29) is 12.5 Å². The number of rotatable bonds is 6. The second-order valence-corrected chi connectivity index (χ2v) is 6.77. The summed E-state index contributed by atoms with van der Waals surface area (Å²) in [7, 11) is 0. The fourth-order valence-electron chi connectivity index (χ4n) is 2.99. The number of halogens is 1. The predicted molar refractivity (Wildman–Crippen MR) is 109 cm³/mol. The van der Waals surface area contributed by atoms with Crippen molar-refractivity contribution >= 4 is 29.1 Å². The Labute approximate surface area is 167 Å². The van der Waals surface area contributed by atoms with Crippen LogP contribution >= 0.6 is 11.6 Å². The maximum absolute atomic E-state index is 12.8. The molecule has 0 bridgehead atoms. The maximum Gasteiger partial charge on any atom is 0.257 e. The van der Waals surface area contributed by atoms with Gasteiger partial charge in [0.25, 0.3) is 11.8 Å². The lowest BCUT2D eigenvalue weighted by Crippen LogP contribution is -2.20. The van der Waals surface area contributed by atoms with Gasteiger partial charge in [-0.15, -0.1) is 0 Å². The fraction of sp³-hybridized carbons (Fsp3) is 0.143. The van der Waals surface area contributed by atoms with Crippen molar-refractivity contribution in [3.8, 4) is 11.4 Å². The second kappa shape index (κ2) is 8.19. The van der Waals surface area contributed by atoms with Crippen LogP contribution < -0.4 is 15.8 Å². The van der Waals surface area contributed by atoms with E-state index in [1.807, 2.05) is 48.7 Å². The molecule has 1 aromatic heterocycles. The van der Waals surface area contributed by atoms with E-state index in [1.54, 1.807) is 24.3 Å². The Morgan fingerprint density at radius 1 is 1.11 bits per heavy atom. The first kappa shape index (κ1) is 19.5. The molecule has 3 rings (SSSR count). The topological polar surface area (TPSA) is 86.3 Å². The molecule has 0 aliphatic carbocycles. The number of carbonyl (C=O) groups is 2. The third-order valence-electron chi connectivity index (χ3n) is 4.24. The molecule has 2 aromatic carbocycles. The van der Waals surface area contributed by atoms with E-state index >= 15 is 0 Å². The lowest BCUT2D eigenvalue weighted by molar-refractivity contribution is -0.119. The molecule has 0 saturated carbocycles. The summed E-state index contributed by atoms with van der Waals surface area (Å²) in [5.41, 5.74) is 8.89. The summed E-state index contributed by atoms with van der Waals surface area (Å²) < 4.78 is 7.20. The lowest BCUT2D eigenvalue weighted by Gasteiger charge is -2.11. The molecule has 144 valence electrons. The van der Waals surface area contributed by atoms with Crippen molar-refractivity contribution in [1.82, 2.24) is 4.57 Å². The van der Waals surface area contributed by atoms with Gasteiger partial charge in [-0.1, -0.05) is 17.7 Å². The third kappa shape index (κ3) is 4.35. The number of aryl methyl sites for hydroxylation is 1. The van der Waals surface area contributed by atoms with Gasteiger partial charge in [-0.05, 0) is 62.4 Å². The number of hydrogen-bond acceptors (Lipinski definition) is 3. The van der Waals surface area contributed by atoms with Crippen LogP contribution in [0.25, 0.3) is 5.69 Å². The molecule has 0 atom stereocenters. The molecule has 6 nitrogen and oxygen atoms in total. The molecule has 28 heavy (non-hydrogen) atoms. The van der Waals surface area contributed by atoms with Gasteiger partial charge in [-0.2, -0.15) is 0 Å². The molecule has 0 unspecified atom stereocenters. The van der Waals surface area contributed by atoms with Crippen LogP contribution in [0.2, 0.25) is 5.02 Å². The zero-order valence-corrected chi connectivity index (χ0v) is 16.3. The van der Waals surface area contributed by atoms with Crippen molar-refractivity contribution < 1.29 is 14.3 Å². The van der Waals surface area contributed by atoms with Crippen LogP contribution in [0.5, 0.6) is 5.75 Å². The van der Waals surface area contributed by atoms with Crippen LogP contribution in [-0.4, -0.2) is 23.0 Å². The molecule has 0 saturated heterocycles. The maximum atomic E-state index is 12.8. The van der Waals surface area contributed by atoms with E-state index in [4.69, 9.17) is 22.1 Å². The standard InChI is InChI=1S/C21H20ClN3O3/c1-13-10-19(14(2)25(13)17-5-3-4-15(22)11-17)21(27)24-16-6-8-18(9-7-16)28-12-20(23)26/h3-11H,12H2,1-2H3,(H2,23,26)(H,24,27). The molecule has 1 heterocycles. The van der Waals surface area contributed by atoms with Gasteiger partial charge >= 0.3 is 0 Å². The number of carbonyl (C=O) groups excluding carboxylic acids is 2. The van der Waals surface area contributed by atoms with E-state index < -0.39 is 5.91 Å². The third-order valence-corrected chi connectivity index (χ3v) is 4.47. The average Bonchev–Trinajstić information content (AvgIpc) is 2.95. The number of nitrogens with zero attached hydrogens (tertiary/aromatic N) is 1. The SMILES string of the molecule is Cc1cc(C(=O)Nc2ccc(OCC(N)=O)cc2)c(C)n1-c1cccc(Cl)c1. The summed E-state index contributed by atoms with van der Waals surface area (Å²) in [6.45, 7) is 3.64. The molecule has 0 aliphatic rings. The Morgan fingerprint density at radius 2 is 1.82 bits per heavy atom. The van der Waals surface area contributed by atoms with Gasteiger partial charge in [0.05, 0.1) is 5.56 Å². The van der Waals surface area contributed by atoms with Crippen LogP contribution in [-0.2, 0) is 4.79 Å². The first-order chi connectivity index (χ1) is 13.3. The van der Waals surface area contributed by atoms with Gasteiger partial charge in [0, 0.05) is 27.8 Å². The zero-order valence-electron chi connectivity index (χ0n) is 15.5. The van der Waals surface area contributed by atoms with E-state index in [0.717, 1.165) is 17.1 Å². The minimum absolute atomic E-state index is 0.193. The Bertz CT molecular complexity index is 1030. The van der Waals surface area contributed by atoms with Gasteiger partial charge in [0.2, 0.25) is 0 Å². The first-order valence-corrected chi connectivity index (χ1v) is 9.00. The average molecular weight is 398 g/mol. The minimum atomic E-state index is -0.549. The monoisotopic (exact) mass is 397 g/mol. The number of nitrogens with one attached hydrogen (secondary N) is 1. The molecule has 3 aromatic rings. The van der Waals surface area contributed by atoms with Crippen molar-refractivity contribution in [2.45, 2.75) is 13.8 Å². The van der Waals surface area contributed by atoms with Crippen LogP contribution in [0.1, 0.15) is 21.7 Å². The summed E-state index contributed by atoms with van der Waals surface area (Å²) >= 11 is 6.10. The highest BCUT2D eigenvalue weighted by Crippen LogP contribution is 2.24. The number of hydrogen-bond donors (Lipinski definition) is 2. The van der Waals surface area contributed by atoms with Crippen molar-refractivity contribution in [2.24, 2.45) is 5.73 Å². The minimum Gasteiger partial charge on any atom is -0.484 e. The summed E-state index contributed by atoms with van der Waals surface area (Å²) in [5.74, 6) is -0.268. The van der Waals surface area contributed by atoms with Gasteiger partial charge in [-0.3, -0.25) is 9.59 Å². The number of nitrogens with two attached hydrogens (primary N) is 1.